The van der Waals surface area contributed by atoms with Gasteiger partial charge in [-0.15, -0.1) is 0 Å². The molecular formula is C21H21ClN2O2. The third-order valence-electron chi connectivity index (χ3n) is 3.96. The van der Waals surface area contributed by atoms with Crippen LogP contribution in [-0.2, 0) is 19.7 Å². The van der Waals surface area contributed by atoms with Gasteiger partial charge in [0.05, 0.1) is 12.8 Å². The lowest BCUT2D eigenvalue weighted by molar-refractivity contribution is 0.280. The maximum atomic E-state index is 6.22. The van der Waals surface area contributed by atoms with Crippen molar-refractivity contribution in [3.8, 4) is 11.5 Å². The molecule has 4 nitrogen and oxygen atoms in total. The van der Waals surface area contributed by atoms with Crippen LogP contribution in [0.1, 0.15) is 16.8 Å². The van der Waals surface area contributed by atoms with Crippen molar-refractivity contribution in [3.05, 3.63) is 88.7 Å². The maximum absolute atomic E-state index is 6.22. The summed E-state index contributed by atoms with van der Waals surface area (Å²) in [5.41, 5.74) is 2.95. The molecule has 0 unspecified atom stereocenters. The van der Waals surface area contributed by atoms with E-state index in [1.54, 1.807) is 13.3 Å². The highest BCUT2D eigenvalue weighted by Gasteiger charge is 2.11. The molecule has 3 rings (SSSR count). The Morgan fingerprint density at radius 3 is 2.50 bits per heavy atom. The number of aromatic nitrogens is 1. The second-order valence-electron chi connectivity index (χ2n) is 5.75. The summed E-state index contributed by atoms with van der Waals surface area (Å²) in [6.07, 6.45) is 1.79. The Kier molecular flexibility index (Phi) is 6.47. The highest BCUT2D eigenvalue weighted by atomic mass is 35.5. The monoisotopic (exact) mass is 368 g/mol. The molecule has 1 heterocycles. The van der Waals surface area contributed by atoms with Crippen molar-refractivity contribution in [2.24, 2.45) is 0 Å². The molecule has 0 atom stereocenters. The minimum Gasteiger partial charge on any atom is -0.493 e. The molecule has 134 valence electrons. The summed E-state index contributed by atoms with van der Waals surface area (Å²) in [5.74, 6) is 1.43. The highest BCUT2D eigenvalue weighted by Crippen LogP contribution is 2.32. The molecule has 1 aromatic heterocycles. The summed E-state index contributed by atoms with van der Waals surface area (Å²) in [5, 5.41) is 4.09. The van der Waals surface area contributed by atoms with Crippen LogP contribution in [0, 0.1) is 0 Å². The topological polar surface area (TPSA) is 43.4 Å². The number of para-hydroxylation sites is 1. The zero-order valence-electron chi connectivity index (χ0n) is 14.6. The second kappa shape index (κ2) is 9.22. The molecule has 0 fully saturated rings. The minimum absolute atomic E-state index is 0.382. The van der Waals surface area contributed by atoms with Gasteiger partial charge in [0, 0.05) is 35.4 Å². The molecule has 0 spiro atoms. The third-order valence-corrected chi connectivity index (χ3v) is 4.33. The van der Waals surface area contributed by atoms with Crippen molar-refractivity contribution in [1.82, 2.24) is 10.3 Å². The molecule has 2 aromatic carbocycles. The fourth-order valence-electron chi connectivity index (χ4n) is 2.62. The van der Waals surface area contributed by atoms with E-state index in [2.05, 4.69) is 10.3 Å². The molecule has 3 aromatic rings. The van der Waals surface area contributed by atoms with E-state index >= 15 is 0 Å². The van der Waals surface area contributed by atoms with Crippen LogP contribution >= 0.6 is 11.6 Å². The van der Waals surface area contributed by atoms with E-state index in [4.69, 9.17) is 21.1 Å². The number of ether oxygens (including phenoxy) is 2. The molecule has 0 saturated heterocycles. The predicted octanol–water partition coefficient (Wildman–Crippen LogP) is 4.61. The normalized spacial score (nSPS) is 10.5. The van der Waals surface area contributed by atoms with Crippen LogP contribution in [0.25, 0.3) is 0 Å². The van der Waals surface area contributed by atoms with E-state index in [1.165, 1.54) is 0 Å². The summed E-state index contributed by atoms with van der Waals surface area (Å²) >= 11 is 6.22. The van der Waals surface area contributed by atoms with Gasteiger partial charge >= 0.3 is 0 Å². The van der Waals surface area contributed by atoms with Crippen LogP contribution in [0.2, 0.25) is 5.02 Å². The molecule has 0 amide bonds. The SMILES string of the molecule is COc1cccc(CNCc2ccccn2)c1OCc1ccccc1Cl. The minimum atomic E-state index is 0.382. The summed E-state index contributed by atoms with van der Waals surface area (Å²) in [4.78, 5) is 4.32. The van der Waals surface area contributed by atoms with Crippen molar-refractivity contribution in [2.75, 3.05) is 7.11 Å². The number of benzene rings is 2. The molecule has 0 radical (unpaired) electrons. The van der Waals surface area contributed by atoms with Crippen LogP contribution in [0.5, 0.6) is 11.5 Å². The Morgan fingerprint density at radius 1 is 0.923 bits per heavy atom. The quantitative estimate of drug-likeness (QED) is 0.630. The van der Waals surface area contributed by atoms with Crippen molar-refractivity contribution >= 4 is 11.6 Å². The number of nitrogens with one attached hydrogen (secondary N) is 1. The van der Waals surface area contributed by atoms with Gasteiger partial charge in [-0.25, -0.2) is 0 Å². The number of hydrogen-bond donors (Lipinski definition) is 1. The first-order chi connectivity index (χ1) is 12.8. The van der Waals surface area contributed by atoms with Gasteiger partial charge in [0.1, 0.15) is 6.61 Å². The number of nitrogens with zero attached hydrogens (tertiary/aromatic N) is 1. The molecule has 0 aliphatic carbocycles. The Labute approximate surface area is 158 Å². The van der Waals surface area contributed by atoms with Crippen LogP contribution in [0.15, 0.2) is 66.9 Å². The van der Waals surface area contributed by atoms with Gasteiger partial charge in [-0.1, -0.05) is 48.0 Å². The lowest BCUT2D eigenvalue weighted by Crippen LogP contribution is -2.14. The molecule has 26 heavy (non-hydrogen) atoms. The van der Waals surface area contributed by atoms with Gasteiger partial charge in [-0.3, -0.25) is 4.98 Å². The summed E-state index contributed by atoms with van der Waals surface area (Å²) in [6.45, 7) is 1.71. The highest BCUT2D eigenvalue weighted by molar-refractivity contribution is 6.31. The van der Waals surface area contributed by atoms with Crippen LogP contribution in [-0.4, -0.2) is 12.1 Å². The second-order valence-corrected chi connectivity index (χ2v) is 6.16. The van der Waals surface area contributed by atoms with Crippen LogP contribution in [0.4, 0.5) is 0 Å². The smallest absolute Gasteiger partial charge is 0.166 e. The van der Waals surface area contributed by atoms with Crippen LogP contribution in [0.3, 0.4) is 0 Å². The zero-order valence-corrected chi connectivity index (χ0v) is 15.4. The lowest BCUT2D eigenvalue weighted by atomic mass is 10.1. The number of methoxy groups -OCH3 is 1. The molecule has 0 bridgehead atoms. The Morgan fingerprint density at radius 2 is 1.73 bits per heavy atom. The third kappa shape index (κ3) is 4.75. The van der Waals surface area contributed by atoms with Crippen molar-refractivity contribution in [2.45, 2.75) is 19.7 Å². The zero-order chi connectivity index (χ0) is 18.2. The standard InChI is InChI=1S/C21H21ClN2O2/c1-25-20-11-6-8-16(13-23-14-18-9-4-5-12-24-18)21(20)26-15-17-7-2-3-10-19(17)22/h2-12,23H,13-15H2,1H3. The van der Waals surface area contributed by atoms with Gasteiger partial charge in [0.2, 0.25) is 0 Å². The average molecular weight is 369 g/mol. The van der Waals surface area contributed by atoms with E-state index < -0.39 is 0 Å². The first kappa shape index (κ1) is 18.2. The summed E-state index contributed by atoms with van der Waals surface area (Å²) in [6, 6.07) is 19.4. The van der Waals surface area contributed by atoms with Gasteiger partial charge in [0.25, 0.3) is 0 Å². The van der Waals surface area contributed by atoms with E-state index in [0.29, 0.717) is 30.5 Å². The number of halogens is 1. The van der Waals surface area contributed by atoms with Gasteiger partial charge in [-0.05, 0) is 24.3 Å². The van der Waals surface area contributed by atoms with Gasteiger partial charge in [0.15, 0.2) is 11.5 Å². The Bertz CT molecular complexity index is 840. The lowest BCUT2D eigenvalue weighted by Gasteiger charge is -2.16. The van der Waals surface area contributed by atoms with Crippen LogP contribution < -0.4 is 14.8 Å². The largest absolute Gasteiger partial charge is 0.493 e. The summed E-state index contributed by atoms with van der Waals surface area (Å²) < 4.78 is 11.5. The molecule has 0 aliphatic rings. The predicted molar refractivity (Wildman–Crippen MR) is 104 cm³/mol. The number of pyridine rings is 1. The molecular weight excluding hydrogens is 348 g/mol. The van der Waals surface area contributed by atoms with E-state index in [9.17, 15) is 0 Å². The van der Waals surface area contributed by atoms with E-state index in [0.717, 1.165) is 22.6 Å². The van der Waals surface area contributed by atoms with E-state index in [-0.39, 0.29) is 0 Å². The van der Waals surface area contributed by atoms with Crippen molar-refractivity contribution < 1.29 is 9.47 Å². The molecule has 0 aliphatic heterocycles. The number of hydrogen-bond acceptors (Lipinski definition) is 4. The fraction of sp³-hybridized carbons (Fsp3) is 0.190. The molecule has 1 N–H and O–H groups in total. The van der Waals surface area contributed by atoms with Crippen molar-refractivity contribution in [1.29, 1.82) is 0 Å². The fourth-order valence-corrected chi connectivity index (χ4v) is 2.81. The maximum Gasteiger partial charge on any atom is 0.166 e. The van der Waals surface area contributed by atoms with Gasteiger partial charge < -0.3 is 14.8 Å². The molecule has 0 saturated carbocycles. The molecule has 5 heteroatoms. The van der Waals surface area contributed by atoms with E-state index in [1.807, 2.05) is 60.7 Å². The Hall–Kier alpha value is -2.56. The first-order valence-corrected chi connectivity index (χ1v) is 8.78. The average Bonchev–Trinajstić information content (AvgIpc) is 2.68. The van der Waals surface area contributed by atoms with Gasteiger partial charge in [-0.2, -0.15) is 0 Å². The first-order valence-electron chi connectivity index (χ1n) is 8.40. The summed E-state index contributed by atoms with van der Waals surface area (Å²) in [7, 11) is 1.64. The number of rotatable bonds is 8. The van der Waals surface area contributed by atoms with Crippen molar-refractivity contribution in [3.63, 3.8) is 0 Å². The Balaban J connectivity index is 1.70.